The SMILES string of the molecule is Cc1ccc(C(N)C(C)N(C)CC(F)(F)F)cc1. The largest absolute Gasteiger partial charge is 0.401 e. The molecule has 0 bridgehead atoms. The molecule has 1 rings (SSSR count). The second kappa shape index (κ2) is 5.71. The van der Waals surface area contributed by atoms with Crippen LogP contribution in [0.2, 0.25) is 0 Å². The molecule has 2 unspecified atom stereocenters. The van der Waals surface area contributed by atoms with Gasteiger partial charge in [-0.3, -0.25) is 4.90 Å². The Morgan fingerprint density at radius 3 is 2.17 bits per heavy atom. The van der Waals surface area contributed by atoms with E-state index in [-0.39, 0.29) is 6.04 Å². The maximum absolute atomic E-state index is 12.3. The van der Waals surface area contributed by atoms with Crippen LogP contribution in [-0.4, -0.2) is 30.7 Å². The first-order chi connectivity index (χ1) is 8.20. The fraction of sp³-hybridized carbons (Fsp3) is 0.538. The van der Waals surface area contributed by atoms with Gasteiger partial charge in [-0.1, -0.05) is 29.8 Å². The highest BCUT2D eigenvalue weighted by atomic mass is 19.4. The van der Waals surface area contributed by atoms with Crippen molar-refractivity contribution in [2.45, 2.75) is 32.1 Å². The highest BCUT2D eigenvalue weighted by molar-refractivity contribution is 5.24. The fourth-order valence-electron chi connectivity index (χ4n) is 1.77. The molecular formula is C13H19F3N2. The third kappa shape index (κ3) is 4.31. The van der Waals surface area contributed by atoms with Gasteiger partial charge in [0.05, 0.1) is 6.54 Å². The van der Waals surface area contributed by atoms with Crippen LogP contribution in [0.15, 0.2) is 24.3 Å². The van der Waals surface area contributed by atoms with E-state index in [1.54, 1.807) is 6.92 Å². The topological polar surface area (TPSA) is 29.3 Å². The average Bonchev–Trinajstić information content (AvgIpc) is 2.26. The Morgan fingerprint density at radius 2 is 1.72 bits per heavy atom. The van der Waals surface area contributed by atoms with Gasteiger partial charge in [-0.2, -0.15) is 13.2 Å². The molecule has 0 amide bonds. The Kier molecular flexibility index (Phi) is 4.76. The van der Waals surface area contributed by atoms with E-state index in [2.05, 4.69) is 0 Å². The Bertz CT molecular complexity index is 373. The number of alkyl halides is 3. The van der Waals surface area contributed by atoms with Crippen molar-refractivity contribution in [2.24, 2.45) is 5.73 Å². The summed E-state index contributed by atoms with van der Waals surface area (Å²) in [6, 6.07) is 6.72. The quantitative estimate of drug-likeness (QED) is 0.902. The van der Waals surface area contributed by atoms with Gasteiger partial charge >= 0.3 is 6.18 Å². The van der Waals surface area contributed by atoms with Crippen LogP contribution in [0, 0.1) is 6.92 Å². The first kappa shape index (κ1) is 15.0. The minimum Gasteiger partial charge on any atom is -0.323 e. The number of rotatable bonds is 4. The van der Waals surface area contributed by atoms with E-state index in [4.69, 9.17) is 5.73 Å². The molecule has 0 aliphatic heterocycles. The number of benzene rings is 1. The third-order valence-corrected chi connectivity index (χ3v) is 3.11. The maximum atomic E-state index is 12.3. The standard InChI is InChI=1S/C13H19F3N2/c1-9-4-6-11(7-5-9)12(17)10(2)18(3)8-13(14,15)16/h4-7,10,12H,8,17H2,1-3H3. The van der Waals surface area contributed by atoms with Crippen LogP contribution in [0.4, 0.5) is 13.2 Å². The molecule has 0 spiro atoms. The minimum absolute atomic E-state index is 0.380. The molecule has 1 aromatic rings. The normalized spacial score (nSPS) is 15.8. The van der Waals surface area contributed by atoms with Gasteiger partial charge in [-0.05, 0) is 26.5 Å². The molecule has 2 atom stereocenters. The number of nitrogens with zero attached hydrogens (tertiary/aromatic N) is 1. The number of nitrogens with two attached hydrogens (primary N) is 1. The summed E-state index contributed by atoms with van der Waals surface area (Å²) in [4.78, 5) is 1.23. The van der Waals surface area contributed by atoms with Crippen LogP contribution in [0.3, 0.4) is 0 Å². The van der Waals surface area contributed by atoms with Crippen molar-refractivity contribution in [3.05, 3.63) is 35.4 Å². The van der Waals surface area contributed by atoms with Gasteiger partial charge in [-0.25, -0.2) is 0 Å². The van der Waals surface area contributed by atoms with Crippen molar-refractivity contribution in [3.63, 3.8) is 0 Å². The molecule has 0 aliphatic rings. The van der Waals surface area contributed by atoms with E-state index in [1.807, 2.05) is 31.2 Å². The first-order valence-electron chi connectivity index (χ1n) is 5.80. The molecule has 0 heterocycles. The second-order valence-corrected chi connectivity index (χ2v) is 4.71. The minimum atomic E-state index is -4.20. The summed E-state index contributed by atoms with van der Waals surface area (Å²) in [5.74, 6) is 0. The first-order valence-corrected chi connectivity index (χ1v) is 5.80. The Hall–Kier alpha value is -1.07. The lowest BCUT2D eigenvalue weighted by atomic mass is 9.99. The van der Waals surface area contributed by atoms with Gasteiger partial charge in [0.25, 0.3) is 0 Å². The highest BCUT2D eigenvalue weighted by Crippen LogP contribution is 2.22. The zero-order chi connectivity index (χ0) is 13.9. The average molecular weight is 260 g/mol. The van der Waals surface area contributed by atoms with Crippen LogP contribution in [0.25, 0.3) is 0 Å². The molecule has 2 nitrogen and oxygen atoms in total. The van der Waals surface area contributed by atoms with Crippen LogP contribution in [-0.2, 0) is 0 Å². The third-order valence-electron chi connectivity index (χ3n) is 3.11. The molecule has 0 saturated carbocycles. The zero-order valence-corrected chi connectivity index (χ0v) is 10.8. The van der Waals surface area contributed by atoms with Gasteiger partial charge < -0.3 is 5.73 Å². The van der Waals surface area contributed by atoms with Crippen molar-refractivity contribution in [1.82, 2.24) is 4.90 Å². The van der Waals surface area contributed by atoms with E-state index >= 15 is 0 Å². The fourth-order valence-corrected chi connectivity index (χ4v) is 1.77. The van der Waals surface area contributed by atoms with Crippen molar-refractivity contribution in [3.8, 4) is 0 Å². The molecule has 102 valence electrons. The Balaban J connectivity index is 2.71. The summed E-state index contributed by atoms with van der Waals surface area (Å²) < 4.78 is 36.9. The van der Waals surface area contributed by atoms with Crippen LogP contribution in [0.5, 0.6) is 0 Å². The van der Waals surface area contributed by atoms with Gasteiger partial charge in [0.15, 0.2) is 0 Å². The second-order valence-electron chi connectivity index (χ2n) is 4.71. The Morgan fingerprint density at radius 1 is 1.22 bits per heavy atom. The summed E-state index contributed by atoms with van der Waals surface area (Å²) in [5.41, 5.74) is 7.95. The molecular weight excluding hydrogens is 241 g/mol. The zero-order valence-electron chi connectivity index (χ0n) is 10.8. The molecule has 0 radical (unpaired) electrons. The molecule has 0 saturated heterocycles. The lowest BCUT2D eigenvalue weighted by Crippen LogP contribution is -2.43. The van der Waals surface area contributed by atoms with Crippen molar-refractivity contribution < 1.29 is 13.2 Å². The summed E-state index contributed by atoms with van der Waals surface area (Å²) in [5, 5.41) is 0. The molecule has 0 fully saturated rings. The maximum Gasteiger partial charge on any atom is 0.401 e. The summed E-state index contributed by atoms with van der Waals surface area (Å²) in [6.45, 7) is 2.71. The number of halogens is 3. The number of aryl methyl sites for hydroxylation is 1. The van der Waals surface area contributed by atoms with Crippen LogP contribution < -0.4 is 5.73 Å². The summed E-state index contributed by atoms with van der Waals surface area (Å²) in [7, 11) is 1.44. The van der Waals surface area contributed by atoms with Crippen LogP contribution in [0.1, 0.15) is 24.1 Å². The van der Waals surface area contributed by atoms with Crippen molar-refractivity contribution in [1.29, 1.82) is 0 Å². The van der Waals surface area contributed by atoms with E-state index < -0.39 is 18.8 Å². The van der Waals surface area contributed by atoms with Crippen molar-refractivity contribution in [2.75, 3.05) is 13.6 Å². The summed E-state index contributed by atoms with van der Waals surface area (Å²) in [6.07, 6.45) is -4.20. The molecule has 0 aliphatic carbocycles. The van der Waals surface area contributed by atoms with E-state index in [1.165, 1.54) is 11.9 Å². The molecule has 18 heavy (non-hydrogen) atoms. The van der Waals surface area contributed by atoms with Gasteiger partial charge in [0.2, 0.25) is 0 Å². The molecule has 0 aromatic heterocycles. The number of hydrogen-bond donors (Lipinski definition) is 1. The predicted molar refractivity (Wildman–Crippen MR) is 66.3 cm³/mol. The number of likely N-dealkylation sites (N-methyl/N-ethyl adjacent to an activating group) is 1. The van der Waals surface area contributed by atoms with Gasteiger partial charge in [0, 0.05) is 12.1 Å². The van der Waals surface area contributed by atoms with E-state index in [0.717, 1.165) is 11.1 Å². The van der Waals surface area contributed by atoms with Gasteiger partial charge in [0.1, 0.15) is 0 Å². The highest BCUT2D eigenvalue weighted by Gasteiger charge is 2.32. The number of hydrogen-bond acceptors (Lipinski definition) is 2. The monoisotopic (exact) mass is 260 g/mol. The van der Waals surface area contributed by atoms with E-state index in [0.29, 0.717) is 0 Å². The lowest BCUT2D eigenvalue weighted by Gasteiger charge is -2.30. The molecule has 2 N–H and O–H groups in total. The van der Waals surface area contributed by atoms with E-state index in [9.17, 15) is 13.2 Å². The predicted octanol–water partition coefficient (Wildman–Crippen LogP) is 2.88. The Labute approximate surface area is 106 Å². The molecule has 1 aromatic carbocycles. The van der Waals surface area contributed by atoms with Gasteiger partial charge in [-0.15, -0.1) is 0 Å². The smallest absolute Gasteiger partial charge is 0.323 e. The summed E-state index contributed by atoms with van der Waals surface area (Å²) >= 11 is 0. The van der Waals surface area contributed by atoms with Crippen molar-refractivity contribution >= 4 is 0 Å². The van der Waals surface area contributed by atoms with Crippen LogP contribution >= 0.6 is 0 Å². The molecule has 5 heteroatoms. The lowest BCUT2D eigenvalue weighted by molar-refractivity contribution is -0.147.